The Morgan fingerprint density at radius 1 is 1.50 bits per heavy atom. The molecule has 1 aromatic carbocycles. The maximum absolute atomic E-state index is 14.1. The van der Waals surface area contributed by atoms with Crippen molar-refractivity contribution in [1.82, 2.24) is 14.8 Å². The molecule has 20 heavy (non-hydrogen) atoms. The molecule has 1 unspecified atom stereocenters. The van der Waals surface area contributed by atoms with Crippen LogP contribution < -0.4 is 10.6 Å². The van der Waals surface area contributed by atoms with Gasteiger partial charge in [0.05, 0.1) is 12.2 Å². The van der Waals surface area contributed by atoms with Gasteiger partial charge < -0.3 is 10.5 Å². The van der Waals surface area contributed by atoms with Gasteiger partial charge in [0.15, 0.2) is 5.82 Å². The van der Waals surface area contributed by atoms with Gasteiger partial charge in [-0.25, -0.2) is 18.9 Å². The molecule has 0 bridgehead atoms. The van der Waals surface area contributed by atoms with Crippen molar-refractivity contribution in [2.45, 2.75) is 6.10 Å². The number of nitrogens with two attached hydrogens (primary N) is 1. The predicted octanol–water partition coefficient (Wildman–Crippen LogP) is 0.690. The number of cyclic esters (lactones) is 1. The number of hydrogen-bond donors (Lipinski definition) is 1. The van der Waals surface area contributed by atoms with E-state index < -0.39 is 11.9 Å². The molecular formula is C12H12FN5O2. The fourth-order valence-electron chi connectivity index (χ4n) is 2.04. The van der Waals surface area contributed by atoms with Gasteiger partial charge in [0.25, 0.3) is 0 Å². The lowest BCUT2D eigenvalue weighted by Crippen LogP contribution is -2.27. The summed E-state index contributed by atoms with van der Waals surface area (Å²) in [4.78, 5) is 16.8. The van der Waals surface area contributed by atoms with Gasteiger partial charge in [0.1, 0.15) is 24.4 Å². The first-order chi connectivity index (χ1) is 9.69. The molecule has 1 saturated heterocycles. The van der Waals surface area contributed by atoms with Crippen LogP contribution in [0.2, 0.25) is 0 Å². The first-order valence-corrected chi connectivity index (χ1v) is 6.02. The Hall–Kier alpha value is -2.48. The summed E-state index contributed by atoms with van der Waals surface area (Å²) in [6.45, 7) is 0.555. The molecule has 2 heterocycles. The second kappa shape index (κ2) is 4.89. The molecular weight excluding hydrogens is 265 g/mol. The van der Waals surface area contributed by atoms with Crippen LogP contribution in [0.25, 0.3) is 5.69 Å². The van der Waals surface area contributed by atoms with Crippen LogP contribution in [0.1, 0.15) is 0 Å². The largest absolute Gasteiger partial charge is 0.443 e. The number of rotatable bonds is 3. The van der Waals surface area contributed by atoms with Gasteiger partial charge in [-0.05, 0) is 18.2 Å². The lowest BCUT2D eigenvalue weighted by molar-refractivity contribution is 0.145. The number of halogens is 1. The highest BCUT2D eigenvalue weighted by Crippen LogP contribution is 2.24. The standard InChI is InChI=1S/C12H12FN5O2/c13-10-3-8(17-5-9(4-14)20-12(17)19)1-2-11(10)18-7-15-6-16-18/h1-3,6-7,9H,4-5,14H2. The van der Waals surface area contributed by atoms with E-state index in [-0.39, 0.29) is 18.3 Å². The average Bonchev–Trinajstić information content (AvgIpc) is 3.07. The molecule has 1 aromatic heterocycles. The summed E-state index contributed by atoms with van der Waals surface area (Å²) in [5, 5.41) is 3.86. The highest BCUT2D eigenvalue weighted by Gasteiger charge is 2.31. The molecule has 1 aliphatic rings. The number of aromatic nitrogens is 3. The minimum absolute atomic E-state index is 0.238. The molecule has 7 nitrogen and oxygen atoms in total. The van der Waals surface area contributed by atoms with E-state index in [0.29, 0.717) is 12.2 Å². The third kappa shape index (κ3) is 2.10. The summed E-state index contributed by atoms with van der Waals surface area (Å²) in [6.07, 6.45) is 1.83. The van der Waals surface area contributed by atoms with E-state index in [1.807, 2.05) is 0 Å². The van der Waals surface area contributed by atoms with Crippen LogP contribution in [-0.4, -0.2) is 40.1 Å². The Balaban J connectivity index is 1.89. The summed E-state index contributed by atoms with van der Waals surface area (Å²) in [5.74, 6) is -0.503. The van der Waals surface area contributed by atoms with E-state index in [0.717, 1.165) is 0 Å². The SMILES string of the molecule is NCC1CN(c2ccc(-n3cncn3)c(F)c2)C(=O)O1. The number of benzene rings is 1. The van der Waals surface area contributed by atoms with Crippen molar-refractivity contribution < 1.29 is 13.9 Å². The molecule has 0 aliphatic carbocycles. The topological polar surface area (TPSA) is 86.3 Å². The van der Waals surface area contributed by atoms with Crippen molar-refractivity contribution in [2.75, 3.05) is 18.0 Å². The van der Waals surface area contributed by atoms with Crippen molar-refractivity contribution in [3.05, 3.63) is 36.7 Å². The van der Waals surface area contributed by atoms with Gasteiger partial charge in [0.2, 0.25) is 0 Å². The minimum atomic E-state index is -0.520. The number of anilines is 1. The van der Waals surface area contributed by atoms with Crippen LogP contribution in [0.3, 0.4) is 0 Å². The zero-order valence-electron chi connectivity index (χ0n) is 10.4. The third-order valence-corrected chi connectivity index (χ3v) is 3.05. The van der Waals surface area contributed by atoms with E-state index in [9.17, 15) is 9.18 Å². The average molecular weight is 277 g/mol. The van der Waals surface area contributed by atoms with Crippen LogP contribution >= 0.6 is 0 Å². The van der Waals surface area contributed by atoms with Crippen molar-refractivity contribution in [3.63, 3.8) is 0 Å². The molecule has 1 fully saturated rings. The second-order valence-electron chi connectivity index (χ2n) is 4.33. The zero-order chi connectivity index (χ0) is 14.1. The summed E-state index contributed by atoms with van der Waals surface area (Å²) < 4.78 is 20.4. The number of ether oxygens (including phenoxy) is 1. The highest BCUT2D eigenvalue weighted by molar-refractivity contribution is 5.89. The fourth-order valence-corrected chi connectivity index (χ4v) is 2.04. The van der Waals surface area contributed by atoms with Gasteiger partial charge >= 0.3 is 6.09 Å². The molecule has 1 amide bonds. The molecule has 1 aliphatic heterocycles. The van der Waals surface area contributed by atoms with Gasteiger partial charge in [0, 0.05) is 6.54 Å². The molecule has 2 N–H and O–H groups in total. The van der Waals surface area contributed by atoms with Crippen molar-refractivity contribution in [1.29, 1.82) is 0 Å². The third-order valence-electron chi connectivity index (χ3n) is 3.05. The van der Waals surface area contributed by atoms with Crippen molar-refractivity contribution in [3.8, 4) is 5.69 Å². The number of hydrogen-bond acceptors (Lipinski definition) is 5. The lowest BCUT2D eigenvalue weighted by atomic mass is 10.2. The normalized spacial score (nSPS) is 18.4. The fraction of sp³-hybridized carbons (Fsp3) is 0.250. The number of carbonyl (C=O) groups is 1. The maximum atomic E-state index is 14.1. The highest BCUT2D eigenvalue weighted by atomic mass is 19.1. The van der Waals surface area contributed by atoms with E-state index in [1.165, 1.54) is 34.4 Å². The summed E-state index contributed by atoms with van der Waals surface area (Å²) in [7, 11) is 0. The maximum Gasteiger partial charge on any atom is 0.414 e. The van der Waals surface area contributed by atoms with Crippen molar-refractivity contribution >= 4 is 11.8 Å². The molecule has 0 saturated carbocycles. The Morgan fingerprint density at radius 2 is 2.35 bits per heavy atom. The van der Waals surface area contributed by atoms with Crippen molar-refractivity contribution in [2.24, 2.45) is 5.73 Å². The number of nitrogens with zero attached hydrogens (tertiary/aromatic N) is 4. The van der Waals surface area contributed by atoms with Crippen LogP contribution in [0.4, 0.5) is 14.9 Å². The van der Waals surface area contributed by atoms with Gasteiger partial charge in [-0.2, -0.15) is 5.10 Å². The minimum Gasteiger partial charge on any atom is -0.443 e. The molecule has 1 atom stereocenters. The Bertz CT molecular complexity index is 631. The Morgan fingerprint density at radius 3 is 2.95 bits per heavy atom. The quantitative estimate of drug-likeness (QED) is 0.892. The van der Waals surface area contributed by atoms with Crippen LogP contribution in [0.15, 0.2) is 30.9 Å². The molecule has 8 heteroatoms. The van der Waals surface area contributed by atoms with Crippen LogP contribution in [0, 0.1) is 5.82 Å². The second-order valence-corrected chi connectivity index (χ2v) is 4.33. The molecule has 2 aromatic rings. The number of amides is 1. The van der Waals surface area contributed by atoms with Gasteiger partial charge in [-0.1, -0.05) is 0 Å². The monoisotopic (exact) mass is 277 g/mol. The molecule has 3 rings (SSSR count). The van der Waals surface area contributed by atoms with E-state index in [1.54, 1.807) is 6.07 Å². The first kappa shape index (κ1) is 12.5. The zero-order valence-corrected chi connectivity index (χ0v) is 10.4. The summed E-state index contributed by atoms with van der Waals surface area (Å²) in [5.41, 5.74) is 6.14. The summed E-state index contributed by atoms with van der Waals surface area (Å²) >= 11 is 0. The van der Waals surface area contributed by atoms with E-state index in [4.69, 9.17) is 10.5 Å². The summed E-state index contributed by atoms with van der Waals surface area (Å²) in [6, 6.07) is 4.42. The van der Waals surface area contributed by atoms with E-state index >= 15 is 0 Å². The van der Waals surface area contributed by atoms with Crippen LogP contribution in [-0.2, 0) is 4.74 Å². The lowest BCUT2D eigenvalue weighted by Gasteiger charge is -2.14. The number of carbonyl (C=O) groups excluding carboxylic acids is 1. The molecule has 0 spiro atoms. The molecule has 104 valence electrons. The van der Waals surface area contributed by atoms with Gasteiger partial charge in [-0.3, -0.25) is 4.90 Å². The van der Waals surface area contributed by atoms with Crippen LogP contribution in [0.5, 0.6) is 0 Å². The Labute approximate surface area is 113 Å². The van der Waals surface area contributed by atoms with Gasteiger partial charge in [-0.15, -0.1) is 0 Å². The Kier molecular flexibility index (Phi) is 3.07. The molecule has 0 radical (unpaired) electrons. The smallest absolute Gasteiger partial charge is 0.414 e. The predicted molar refractivity (Wildman–Crippen MR) is 68.0 cm³/mol. The first-order valence-electron chi connectivity index (χ1n) is 6.02. The van der Waals surface area contributed by atoms with E-state index in [2.05, 4.69) is 10.1 Å².